The van der Waals surface area contributed by atoms with Crippen LogP contribution >= 0.6 is 34.5 Å². The summed E-state index contributed by atoms with van der Waals surface area (Å²) < 4.78 is 6.27. The van der Waals surface area contributed by atoms with Crippen LogP contribution in [0.1, 0.15) is 9.67 Å². The predicted octanol–water partition coefficient (Wildman–Crippen LogP) is 5.30. The maximum absolute atomic E-state index is 12.6. The summed E-state index contributed by atoms with van der Waals surface area (Å²) in [5, 5.41) is 4.85. The lowest BCUT2D eigenvalue weighted by Crippen LogP contribution is -2.36. The lowest BCUT2D eigenvalue weighted by molar-refractivity contribution is 0.103. The standard InChI is InChI=1S/C19H16Cl2N2O2S/c20-12-1-6-15-16(11-12)26-18(17(15)21)19(24)22-13-2-4-14(5-3-13)23-7-9-25-10-8-23/h1-6,11H,7-10H2,(H,22,24). The highest BCUT2D eigenvalue weighted by atomic mass is 35.5. The first-order valence-corrected chi connectivity index (χ1v) is 9.81. The fourth-order valence-electron chi connectivity index (χ4n) is 2.95. The van der Waals surface area contributed by atoms with Gasteiger partial charge in [0.15, 0.2) is 0 Å². The van der Waals surface area contributed by atoms with E-state index in [2.05, 4.69) is 10.2 Å². The van der Waals surface area contributed by atoms with Crippen LogP contribution in [0.15, 0.2) is 42.5 Å². The average Bonchev–Trinajstić information content (AvgIpc) is 2.99. The van der Waals surface area contributed by atoms with E-state index in [1.807, 2.05) is 36.4 Å². The largest absolute Gasteiger partial charge is 0.378 e. The van der Waals surface area contributed by atoms with Crippen molar-refractivity contribution in [1.29, 1.82) is 0 Å². The number of halogens is 2. The number of rotatable bonds is 3. The number of anilines is 2. The van der Waals surface area contributed by atoms with Gasteiger partial charge in [-0.3, -0.25) is 4.79 Å². The van der Waals surface area contributed by atoms with Gasteiger partial charge in [-0.2, -0.15) is 0 Å². The molecule has 0 radical (unpaired) electrons. The summed E-state index contributed by atoms with van der Waals surface area (Å²) in [7, 11) is 0. The van der Waals surface area contributed by atoms with Crippen LogP contribution in [0.2, 0.25) is 10.0 Å². The van der Waals surface area contributed by atoms with Crippen molar-refractivity contribution in [2.24, 2.45) is 0 Å². The Bertz CT molecular complexity index is 950. The van der Waals surface area contributed by atoms with Crippen molar-refractivity contribution in [3.8, 4) is 0 Å². The molecule has 4 rings (SSSR count). The third-order valence-electron chi connectivity index (χ3n) is 4.30. The van der Waals surface area contributed by atoms with Gasteiger partial charge in [0.05, 0.1) is 18.2 Å². The lowest BCUT2D eigenvalue weighted by atomic mass is 10.2. The van der Waals surface area contributed by atoms with Gasteiger partial charge in [-0.25, -0.2) is 0 Å². The van der Waals surface area contributed by atoms with Gasteiger partial charge in [-0.05, 0) is 36.4 Å². The molecule has 1 fully saturated rings. The van der Waals surface area contributed by atoms with E-state index >= 15 is 0 Å². The third-order valence-corrected chi connectivity index (χ3v) is 6.19. The van der Waals surface area contributed by atoms with E-state index in [-0.39, 0.29) is 5.91 Å². The Kier molecular flexibility index (Phi) is 5.05. The zero-order valence-corrected chi connectivity index (χ0v) is 16.1. The number of morpholine rings is 1. The quantitative estimate of drug-likeness (QED) is 0.641. The Morgan fingerprint density at radius 2 is 1.81 bits per heavy atom. The monoisotopic (exact) mass is 406 g/mol. The van der Waals surface area contributed by atoms with E-state index in [0.29, 0.717) is 14.9 Å². The Labute approximate surface area is 165 Å². The molecule has 1 amide bonds. The van der Waals surface area contributed by atoms with Gasteiger partial charge in [0.2, 0.25) is 0 Å². The number of thiophene rings is 1. The zero-order chi connectivity index (χ0) is 18.1. The number of benzene rings is 2. The third kappa shape index (κ3) is 3.53. The van der Waals surface area contributed by atoms with Crippen molar-refractivity contribution < 1.29 is 9.53 Å². The van der Waals surface area contributed by atoms with Gasteiger partial charge in [-0.15, -0.1) is 11.3 Å². The molecular weight excluding hydrogens is 391 g/mol. The normalized spacial score (nSPS) is 14.6. The molecule has 0 aliphatic carbocycles. The number of carbonyl (C=O) groups excluding carboxylic acids is 1. The Morgan fingerprint density at radius 1 is 1.08 bits per heavy atom. The highest BCUT2D eigenvalue weighted by Crippen LogP contribution is 2.37. The number of ether oxygens (including phenoxy) is 1. The fourth-order valence-corrected chi connectivity index (χ4v) is 4.64. The van der Waals surface area contributed by atoms with Gasteiger partial charge in [0, 0.05) is 39.6 Å². The lowest BCUT2D eigenvalue weighted by Gasteiger charge is -2.28. The molecule has 0 spiro atoms. The Hall–Kier alpha value is -1.79. The van der Waals surface area contributed by atoms with Crippen LogP contribution in [0.25, 0.3) is 10.1 Å². The average molecular weight is 407 g/mol. The van der Waals surface area contributed by atoms with Crippen LogP contribution in [0.5, 0.6) is 0 Å². The van der Waals surface area contributed by atoms with E-state index in [1.54, 1.807) is 6.07 Å². The van der Waals surface area contributed by atoms with E-state index in [1.165, 1.54) is 11.3 Å². The molecule has 1 aromatic heterocycles. The van der Waals surface area contributed by atoms with E-state index in [9.17, 15) is 4.79 Å². The summed E-state index contributed by atoms with van der Waals surface area (Å²) in [6.45, 7) is 3.25. The Morgan fingerprint density at radius 3 is 2.54 bits per heavy atom. The first-order chi connectivity index (χ1) is 12.6. The smallest absolute Gasteiger partial charge is 0.267 e. The minimum atomic E-state index is -0.216. The van der Waals surface area contributed by atoms with Gasteiger partial charge in [-0.1, -0.05) is 29.3 Å². The molecule has 0 bridgehead atoms. The number of hydrogen-bond acceptors (Lipinski definition) is 4. The van der Waals surface area contributed by atoms with Crippen molar-refractivity contribution in [2.75, 3.05) is 36.5 Å². The summed E-state index contributed by atoms with van der Waals surface area (Å²) in [5.41, 5.74) is 1.86. The molecule has 26 heavy (non-hydrogen) atoms. The maximum Gasteiger partial charge on any atom is 0.267 e. The number of hydrogen-bond donors (Lipinski definition) is 1. The van der Waals surface area contributed by atoms with Crippen molar-refractivity contribution in [3.63, 3.8) is 0 Å². The molecule has 0 unspecified atom stereocenters. The molecule has 0 saturated carbocycles. The summed E-state index contributed by atoms with van der Waals surface area (Å²) >= 11 is 13.7. The van der Waals surface area contributed by atoms with Crippen molar-refractivity contribution in [2.45, 2.75) is 0 Å². The topological polar surface area (TPSA) is 41.6 Å². The Balaban J connectivity index is 1.52. The molecule has 1 aliphatic heterocycles. The highest BCUT2D eigenvalue weighted by Gasteiger charge is 2.18. The van der Waals surface area contributed by atoms with E-state index in [4.69, 9.17) is 27.9 Å². The fraction of sp³-hybridized carbons (Fsp3) is 0.211. The second-order valence-electron chi connectivity index (χ2n) is 5.99. The minimum absolute atomic E-state index is 0.216. The molecule has 7 heteroatoms. The molecule has 4 nitrogen and oxygen atoms in total. The van der Waals surface area contributed by atoms with E-state index < -0.39 is 0 Å². The van der Waals surface area contributed by atoms with Crippen LogP contribution in [-0.4, -0.2) is 32.2 Å². The highest BCUT2D eigenvalue weighted by molar-refractivity contribution is 7.21. The predicted molar refractivity (Wildman–Crippen MR) is 109 cm³/mol. The van der Waals surface area contributed by atoms with Crippen molar-refractivity contribution in [3.05, 3.63) is 57.4 Å². The van der Waals surface area contributed by atoms with Gasteiger partial charge >= 0.3 is 0 Å². The molecule has 134 valence electrons. The number of amides is 1. The number of fused-ring (bicyclic) bond motifs is 1. The molecule has 3 aromatic rings. The number of carbonyl (C=O) groups is 1. The van der Waals surface area contributed by atoms with Gasteiger partial charge in [0.25, 0.3) is 5.91 Å². The molecule has 2 heterocycles. The number of nitrogens with one attached hydrogen (secondary N) is 1. The van der Waals surface area contributed by atoms with Gasteiger partial charge < -0.3 is 15.0 Å². The molecule has 1 saturated heterocycles. The van der Waals surface area contributed by atoms with Crippen LogP contribution < -0.4 is 10.2 Å². The second kappa shape index (κ2) is 7.45. The van der Waals surface area contributed by atoms with Crippen LogP contribution in [0, 0.1) is 0 Å². The summed E-state index contributed by atoms with van der Waals surface area (Å²) in [5.74, 6) is -0.216. The summed E-state index contributed by atoms with van der Waals surface area (Å²) in [4.78, 5) is 15.4. The first kappa shape index (κ1) is 17.6. The maximum atomic E-state index is 12.6. The molecular formula is C19H16Cl2N2O2S. The van der Waals surface area contributed by atoms with E-state index in [0.717, 1.165) is 47.8 Å². The molecule has 1 N–H and O–H groups in total. The SMILES string of the molecule is O=C(Nc1ccc(N2CCOCC2)cc1)c1sc2cc(Cl)ccc2c1Cl. The first-order valence-electron chi connectivity index (χ1n) is 8.23. The summed E-state index contributed by atoms with van der Waals surface area (Å²) in [6, 6.07) is 13.3. The van der Waals surface area contributed by atoms with Crippen LogP contribution in [0.4, 0.5) is 11.4 Å². The molecule has 0 atom stereocenters. The van der Waals surface area contributed by atoms with Crippen LogP contribution in [0.3, 0.4) is 0 Å². The van der Waals surface area contributed by atoms with Crippen molar-refractivity contribution in [1.82, 2.24) is 0 Å². The minimum Gasteiger partial charge on any atom is -0.378 e. The van der Waals surface area contributed by atoms with Gasteiger partial charge in [0.1, 0.15) is 4.88 Å². The summed E-state index contributed by atoms with van der Waals surface area (Å²) in [6.07, 6.45) is 0. The van der Waals surface area contributed by atoms with Crippen molar-refractivity contribution >= 4 is 61.9 Å². The number of nitrogens with zero attached hydrogens (tertiary/aromatic N) is 1. The molecule has 1 aliphatic rings. The second-order valence-corrected chi connectivity index (χ2v) is 7.85. The van der Waals surface area contributed by atoms with Crippen LogP contribution in [-0.2, 0) is 4.74 Å². The zero-order valence-electron chi connectivity index (χ0n) is 13.8. The molecule has 2 aromatic carbocycles.